The van der Waals surface area contributed by atoms with E-state index >= 15 is 0 Å². The first-order chi connectivity index (χ1) is 8.99. The summed E-state index contributed by atoms with van der Waals surface area (Å²) in [6.07, 6.45) is 3.39. The second-order valence-electron chi connectivity index (χ2n) is 5.58. The summed E-state index contributed by atoms with van der Waals surface area (Å²) < 4.78 is 0. The van der Waals surface area contributed by atoms with Gasteiger partial charge in [-0.1, -0.05) is 20.3 Å². The smallest absolute Gasteiger partial charge is 0.318 e. The van der Waals surface area contributed by atoms with E-state index in [1.165, 1.54) is 6.42 Å². The summed E-state index contributed by atoms with van der Waals surface area (Å²) in [6.45, 7) is 7.37. The Morgan fingerprint density at radius 2 is 2.11 bits per heavy atom. The lowest BCUT2D eigenvalue weighted by atomic mass is 10.0. The number of rotatable bonds is 6. The van der Waals surface area contributed by atoms with Crippen molar-refractivity contribution in [2.45, 2.75) is 39.2 Å². The van der Waals surface area contributed by atoms with E-state index < -0.39 is 6.03 Å². The summed E-state index contributed by atoms with van der Waals surface area (Å²) in [7, 11) is 0. The van der Waals surface area contributed by atoms with E-state index in [1.807, 2.05) is 0 Å². The largest absolute Gasteiger partial charge is 0.351 e. The molecule has 3 amide bonds. The first-order valence-corrected chi connectivity index (χ1v) is 7.03. The third kappa shape index (κ3) is 6.54. The molecule has 1 heterocycles. The molecular weight excluding hydrogens is 244 g/mol. The molecular formula is C13H26N4O2. The number of imide groups is 1. The minimum absolute atomic E-state index is 0.247. The Hall–Kier alpha value is -1.14. The van der Waals surface area contributed by atoms with Gasteiger partial charge in [0.05, 0.1) is 6.54 Å². The molecule has 0 bridgehead atoms. The molecule has 19 heavy (non-hydrogen) atoms. The van der Waals surface area contributed by atoms with Crippen molar-refractivity contribution in [3.8, 4) is 0 Å². The standard InChI is InChI=1S/C13H26N4O2/c1-10(2)7-15-8-11-5-3-4-6-17(11)9-12(18)16-13(14)19/h10-11,15H,3-9H2,1-2H3,(H3,14,16,18,19). The van der Waals surface area contributed by atoms with E-state index in [4.69, 9.17) is 5.73 Å². The molecule has 1 rings (SSSR count). The molecule has 0 saturated carbocycles. The second kappa shape index (κ2) is 8.12. The molecule has 0 aromatic heterocycles. The van der Waals surface area contributed by atoms with E-state index in [0.717, 1.165) is 32.5 Å². The van der Waals surface area contributed by atoms with Gasteiger partial charge < -0.3 is 11.1 Å². The Kier molecular flexibility index (Phi) is 6.80. The highest BCUT2D eigenvalue weighted by molar-refractivity contribution is 5.94. The molecule has 1 aliphatic heterocycles. The zero-order chi connectivity index (χ0) is 14.3. The first kappa shape index (κ1) is 15.9. The van der Waals surface area contributed by atoms with Crippen molar-refractivity contribution in [2.24, 2.45) is 11.7 Å². The number of carbonyl (C=O) groups excluding carboxylic acids is 2. The van der Waals surface area contributed by atoms with Crippen LogP contribution in [0.3, 0.4) is 0 Å². The number of carbonyl (C=O) groups is 2. The van der Waals surface area contributed by atoms with Crippen LogP contribution in [0.4, 0.5) is 4.79 Å². The molecule has 4 N–H and O–H groups in total. The highest BCUT2D eigenvalue weighted by Gasteiger charge is 2.24. The van der Waals surface area contributed by atoms with Gasteiger partial charge in [0.25, 0.3) is 0 Å². The van der Waals surface area contributed by atoms with E-state index in [2.05, 4.69) is 29.4 Å². The fraction of sp³-hybridized carbons (Fsp3) is 0.846. The Bertz CT molecular complexity index is 307. The predicted molar refractivity (Wildman–Crippen MR) is 74.6 cm³/mol. The van der Waals surface area contributed by atoms with E-state index in [9.17, 15) is 9.59 Å². The number of urea groups is 1. The van der Waals surface area contributed by atoms with Gasteiger partial charge >= 0.3 is 6.03 Å². The minimum atomic E-state index is -0.781. The number of nitrogens with one attached hydrogen (secondary N) is 2. The van der Waals surface area contributed by atoms with Crippen molar-refractivity contribution in [2.75, 3.05) is 26.2 Å². The molecule has 1 aliphatic rings. The van der Waals surface area contributed by atoms with Gasteiger partial charge in [-0.05, 0) is 31.8 Å². The number of nitrogens with zero attached hydrogens (tertiary/aromatic N) is 1. The lowest BCUT2D eigenvalue weighted by molar-refractivity contribution is -0.122. The van der Waals surface area contributed by atoms with E-state index in [-0.39, 0.29) is 12.5 Å². The molecule has 1 saturated heterocycles. The van der Waals surface area contributed by atoms with Crippen LogP contribution in [0.1, 0.15) is 33.1 Å². The maximum Gasteiger partial charge on any atom is 0.318 e. The quantitative estimate of drug-likeness (QED) is 0.647. The van der Waals surface area contributed by atoms with Gasteiger partial charge in [-0.2, -0.15) is 0 Å². The summed E-state index contributed by atoms with van der Waals surface area (Å²) in [5.74, 6) is 0.304. The SMILES string of the molecule is CC(C)CNCC1CCCCN1CC(=O)NC(N)=O. The summed E-state index contributed by atoms with van der Waals surface area (Å²) in [5, 5.41) is 5.56. The third-order valence-corrected chi connectivity index (χ3v) is 3.29. The van der Waals surface area contributed by atoms with Gasteiger partial charge in [0.2, 0.25) is 5.91 Å². The lowest BCUT2D eigenvalue weighted by Gasteiger charge is -2.35. The third-order valence-electron chi connectivity index (χ3n) is 3.29. The molecule has 6 nitrogen and oxygen atoms in total. The van der Waals surface area contributed by atoms with Gasteiger partial charge in [0, 0.05) is 12.6 Å². The summed E-state index contributed by atoms with van der Waals surface area (Å²) in [6, 6.07) is -0.414. The summed E-state index contributed by atoms with van der Waals surface area (Å²) >= 11 is 0. The number of amides is 3. The van der Waals surface area contributed by atoms with Crippen LogP contribution in [-0.4, -0.2) is 49.1 Å². The van der Waals surface area contributed by atoms with Crippen LogP contribution in [0.5, 0.6) is 0 Å². The van der Waals surface area contributed by atoms with Crippen molar-refractivity contribution < 1.29 is 9.59 Å². The van der Waals surface area contributed by atoms with Gasteiger partial charge in [-0.3, -0.25) is 15.0 Å². The maximum absolute atomic E-state index is 11.6. The fourth-order valence-electron chi connectivity index (χ4n) is 2.40. The van der Waals surface area contributed by atoms with Crippen molar-refractivity contribution in [3.63, 3.8) is 0 Å². The number of likely N-dealkylation sites (tertiary alicyclic amines) is 1. The number of primary amides is 1. The number of hydrogen-bond donors (Lipinski definition) is 3. The van der Waals surface area contributed by atoms with Gasteiger partial charge in [-0.25, -0.2) is 4.79 Å². The molecule has 0 spiro atoms. The van der Waals surface area contributed by atoms with Gasteiger partial charge in [0.15, 0.2) is 0 Å². The van der Waals surface area contributed by atoms with Crippen molar-refractivity contribution in [3.05, 3.63) is 0 Å². The lowest BCUT2D eigenvalue weighted by Crippen LogP contribution is -2.51. The monoisotopic (exact) mass is 270 g/mol. The number of hydrogen-bond acceptors (Lipinski definition) is 4. The van der Waals surface area contributed by atoms with Gasteiger partial charge in [0.1, 0.15) is 0 Å². The highest BCUT2D eigenvalue weighted by Crippen LogP contribution is 2.16. The maximum atomic E-state index is 11.6. The topological polar surface area (TPSA) is 87.5 Å². The van der Waals surface area contributed by atoms with Crippen LogP contribution in [0.2, 0.25) is 0 Å². The molecule has 0 radical (unpaired) electrons. The highest BCUT2D eigenvalue weighted by atomic mass is 16.2. The average molecular weight is 270 g/mol. The fourth-order valence-corrected chi connectivity index (χ4v) is 2.40. The Labute approximate surface area is 115 Å². The number of nitrogens with two attached hydrogens (primary N) is 1. The molecule has 1 unspecified atom stereocenters. The Morgan fingerprint density at radius 1 is 1.37 bits per heavy atom. The molecule has 0 aliphatic carbocycles. The first-order valence-electron chi connectivity index (χ1n) is 7.03. The summed E-state index contributed by atoms with van der Waals surface area (Å²) in [4.78, 5) is 24.3. The number of piperidine rings is 1. The van der Waals surface area contributed by atoms with Crippen LogP contribution in [0.15, 0.2) is 0 Å². The summed E-state index contributed by atoms with van der Waals surface area (Å²) in [5.41, 5.74) is 4.94. The van der Waals surface area contributed by atoms with Crippen LogP contribution in [0, 0.1) is 5.92 Å². The van der Waals surface area contributed by atoms with Crippen LogP contribution in [-0.2, 0) is 4.79 Å². The van der Waals surface area contributed by atoms with E-state index in [0.29, 0.717) is 12.0 Å². The molecule has 1 atom stereocenters. The van der Waals surface area contributed by atoms with Crippen molar-refractivity contribution >= 4 is 11.9 Å². The van der Waals surface area contributed by atoms with E-state index in [1.54, 1.807) is 0 Å². The van der Waals surface area contributed by atoms with Gasteiger partial charge in [-0.15, -0.1) is 0 Å². The van der Waals surface area contributed by atoms with Crippen molar-refractivity contribution in [1.82, 2.24) is 15.5 Å². The average Bonchev–Trinajstić information content (AvgIpc) is 2.29. The minimum Gasteiger partial charge on any atom is -0.351 e. The molecule has 110 valence electrons. The second-order valence-corrected chi connectivity index (χ2v) is 5.58. The normalized spacial score (nSPS) is 20.5. The van der Waals surface area contributed by atoms with Crippen molar-refractivity contribution in [1.29, 1.82) is 0 Å². The Morgan fingerprint density at radius 3 is 2.74 bits per heavy atom. The molecule has 0 aromatic carbocycles. The molecule has 1 fully saturated rings. The molecule has 0 aromatic rings. The van der Waals surface area contributed by atoms with Crippen LogP contribution in [0.25, 0.3) is 0 Å². The van der Waals surface area contributed by atoms with Crippen LogP contribution < -0.4 is 16.4 Å². The predicted octanol–water partition coefficient (Wildman–Crippen LogP) is 0.281. The Balaban J connectivity index is 2.38. The zero-order valence-electron chi connectivity index (χ0n) is 11.9. The van der Waals surface area contributed by atoms with Crippen LogP contribution >= 0.6 is 0 Å². The zero-order valence-corrected chi connectivity index (χ0v) is 11.9. The molecule has 6 heteroatoms.